The maximum atomic E-state index is 8.99. The molecule has 0 saturated heterocycles. The molecule has 0 N–H and O–H groups in total. The molecule has 0 atom stereocenters. The smallest absolute Gasteiger partial charge is 0.0719 e. The molecule has 2 heteroatoms. The molecule has 0 amide bonds. The Bertz CT molecular complexity index is 1760. The van der Waals surface area contributed by atoms with Gasteiger partial charge in [-0.2, -0.15) is 0 Å². The number of benzene rings is 4. The van der Waals surface area contributed by atoms with Crippen LogP contribution in [0.4, 0.5) is 0 Å². The fraction of sp³-hybridized carbons (Fsp3) is 0.219. The molecular weight excluding hydrogens is 430 g/mol. The average Bonchev–Trinajstić information content (AvgIpc) is 3.34. The fourth-order valence-electron chi connectivity index (χ4n) is 5.78. The van der Waals surface area contributed by atoms with Crippen molar-refractivity contribution in [2.24, 2.45) is 5.92 Å². The molecule has 0 spiro atoms. The molecule has 166 valence electrons. The third-order valence-corrected chi connectivity index (χ3v) is 8.66. The highest BCUT2D eigenvalue weighted by Crippen LogP contribution is 2.46. The van der Waals surface area contributed by atoms with Gasteiger partial charge in [-0.25, -0.2) is 0 Å². The molecular formula is C32H27NS. The van der Waals surface area contributed by atoms with E-state index in [0.717, 1.165) is 42.5 Å². The molecule has 1 aliphatic rings. The van der Waals surface area contributed by atoms with E-state index in [-0.39, 0.29) is 5.92 Å². The maximum absolute atomic E-state index is 8.99. The van der Waals surface area contributed by atoms with Crippen LogP contribution in [0, 0.1) is 5.92 Å². The number of hydrogen-bond acceptors (Lipinski definition) is 2. The second kappa shape index (κ2) is 8.21. The van der Waals surface area contributed by atoms with Gasteiger partial charge < -0.3 is 0 Å². The van der Waals surface area contributed by atoms with E-state index >= 15 is 0 Å². The minimum absolute atomic E-state index is 0.0827. The van der Waals surface area contributed by atoms with Crippen LogP contribution < -0.4 is 0 Å². The molecule has 0 aliphatic heterocycles. The number of pyridine rings is 1. The standard InChI is InChI=1S/C32H27NS/c1-2-9-21(10-3-1)19-22-17-18-33-29(20-22)27-15-8-16-28-30-25-13-6-4-11-23(25)24-12-5-7-14-26(24)32(30)34-31(27)28/h4-8,11-18,20-21H,1-3,9-10,19H2/i19D2. The van der Waals surface area contributed by atoms with Crippen molar-refractivity contribution in [1.82, 2.24) is 4.98 Å². The van der Waals surface area contributed by atoms with Gasteiger partial charge in [0.05, 0.1) is 5.69 Å². The van der Waals surface area contributed by atoms with Crippen LogP contribution in [0.3, 0.4) is 0 Å². The summed E-state index contributed by atoms with van der Waals surface area (Å²) in [6.07, 6.45) is 5.88. The van der Waals surface area contributed by atoms with Gasteiger partial charge in [-0.15, -0.1) is 11.3 Å². The highest BCUT2D eigenvalue weighted by molar-refractivity contribution is 7.27. The van der Waals surface area contributed by atoms with Gasteiger partial charge in [-0.05, 0) is 46.1 Å². The van der Waals surface area contributed by atoms with Crippen molar-refractivity contribution in [2.75, 3.05) is 0 Å². The number of hydrogen-bond donors (Lipinski definition) is 0. The van der Waals surface area contributed by atoms with Gasteiger partial charge in [0.2, 0.25) is 0 Å². The van der Waals surface area contributed by atoms with Crippen LogP contribution in [0.25, 0.3) is 53.0 Å². The van der Waals surface area contributed by atoms with E-state index in [4.69, 9.17) is 7.73 Å². The van der Waals surface area contributed by atoms with E-state index in [0.29, 0.717) is 0 Å². The van der Waals surface area contributed by atoms with Crippen LogP contribution in [0.15, 0.2) is 85.1 Å². The van der Waals surface area contributed by atoms with Crippen molar-refractivity contribution in [3.05, 3.63) is 90.6 Å². The molecule has 2 aromatic heterocycles. The highest BCUT2D eigenvalue weighted by Gasteiger charge is 2.18. The van der Waals surface area contributed by atoms with Gasteiger partial charge in [0.25, 0.3) is 0 Å². The summed E-state index contributed by atoms with van der Waals surface area (Å²) in [4.78, 5) is 4.75. The first-order chi connectivity index (χ1) is 17.6. The molecule has 0 unspecified atom stereocenters. The third-order valence-electron chi connectivity index (χ3n) is 7.39. The maximum Gasteiger partial charge on any atom is 0.0719 e. The van der Waals surface area contributed by atoms with Crippen LogP contribution in [-0.4, -0.2) is 4.98 Å². The summed E-state index contributed by atoms with van der Waals surface area (Å²) >= 11 is 1.84. The normalized spacial score (nSPS) is 16.4. The molecule has 34 heavy (non-hydrogen) atoms. The van der Waals surface area contributed by atoms with Crippen LogP contribution >= 0.6 is 11.3 Å². The van der Waals surface area contributed by atoms with E-state index < -0.39 is 6.37 Å². The van der Waals surface area contributed by atoms with Crippen LogP contribution in [0.2, 0.25) is 0 Å². The third kappa shape index (κ3) is 3.24. The summed E-state index contributed by atoms with van der Waals surface area (Å²) in [6, 6.07) is 27.8. The summed E-state index contributed by atoms with van der Waals surface area (Å²) in [5.41, 5.74) is 2.70. The minimum Gasteiger partial charge on any atom is -0.256 e. The first kappa shape index (κ1) is 18.1. The van der Waals surface area contributed by atoms with Crippen molar-refractivity contribution < 1.29 is 2.74 Å². The lowest BCUT2D eigenvalue weighted by molar-refractivity contribution is 0.356. The topological polar surface area (TPSA) is 12.9 Å². The summed E-state index contributed by atoms with van der Waals surface area (Å²) in [6.45, 7) is 0. The SMILES string of the molecule is [2H]C([2H])(c1ccnc(-c2cccc3c2sc2c4ccccc4c4ccccc4c32)c1)C1CCCCC1. The zero-order valence-corrected chi connectivity index (χ0v) is 19.9. The first-order valence-electron chi connectivity index (χ1n) is 13.3. The summed E-state index contributed by atoms with van der Waals surface area (Å²) < 4.78 is 20.5. The van der Waals surface area contributed by atoms with Gasteiger partial charge in [0, 0.05) is 40.1 Å². The van der Waals surface area contributed by atoms with Crippen LogP contribution in [-0.2, 0) is 6.37 Å². The van der Waals surface area contributed by atoms with E-state index in [2.05, 4.69) is 66.7 Å². The molecule has 1 fully saturated rings. The van der Waals surface area contributed by atoms with Crippen molar-refractivity contribution in [2.45, 2.75) is 38.5 Å². The second-order valence-electron chi connectivity index (χ2n) is 9.49. The van der Waals surface area contributed by atoms with E-state index in [1.165, 1.54) is 48.1 Å². The molecule has 1 nitrogen and oxygen atoms in total. The number of rotatable bonds is 3. The fourth-order valence-corrected chi connectivity index (χ4v) is 7.16. The van der Waals surface area contributed by atoms with Crippen LogP contribution in [0.5, 0.6) is 0 Å². The van der Waals surface area contributed by atoms with Crippen molar-refractivity contribution in [3.63, 3.8) is 0 Å². The van der Waals surface area contributed by atoms with Gasteiger partial charge in [0.1, 0.15) is 0 Å². The molecule has 4 aromatic carbocycles. The Morgan fingerprint density at radius 3 is 2.26 bits per heavy atom. The number of aromatic nitrogens is 1. The molecule has 2 heterocycles. The Balaban J connectivity index is 1.47. The monoisotopic (exact) mass is 459 g/mol. The molecule has 0 radical (unpaired) electrons. The summed E-state index contributed by atoms with van der Waals surface area (Å²) in [5, 5.41) is 7.69. The lowest BCUT2D eigenvalue weighted by atomic mass is 9.85. The Morgan fingerprint density at radius 2 is 1.44 bits per heavy atom. The molecule has 1 aliphatic carbocycles. The lowest BCUT2D eigenvalue weighted by Crippen LogP contribution is -2.09. The average molecular weight is 460 g/mol. The predicted octanol–water partition coefficient (Wildman–Crippen LogP) is 9.55. The zero-order chi connectivity index (χ0) is 24.3. The predicted molar refractivity (Wildman–Crippen MR) is 148 cm³/mol. The summed E-state index contributed by atoms with van der Waals surface area (Å²) in [5.74, 6) is 0.0827. The van der Waals surface area contributed by atoms with Gasteiger partial charge in [0.15, 0.2) is 0 Å². The Hall–Kier alpha value is -3.23. The van der Waals surface area contributed by atoms with Crippen LogP contribution in [0.1, 0.15) is 40.4 Å². The Kier molecular flexibility index (Phi) is 4.38. The van der Waals surface area contributed by atoms with Crippen molar-refractivity contribution in [3.8, 4) is 11.3 Å². The number of thiophene rings is 1. The molecule has 6 aromatic rings. The van der Waals surface area contributed by atoms with E-state index in [9.17, 15) is 0 Å². The largest absolute Gasteiger partial charge is 0.256 e. The lowest BCUT2D eigenvalue weighted by Gasteiger charge is -2.21. The highest BCUT2D eigenvalue weighted by atomic mass is 32.1. The Labute approximate surface area is 206 Å². The molecule has 1 saturated carbocycles. The van der Waals surface area contributed by atoms with E-state index in [1.54, 1.807) is 6.20 Å². The molecule has 7 rings (SSSR count). The zero-order valence-electron chi connectivity index (χ0n) is 21.1. The molecule has 0 bridgehead atoms. The van der Waals surface area contributed by atoms with E-state index in [1.807, 2.05) is 23.5 Å². The quantitative estimate of drug-likeness (QED) is 0.240. The van der Waals surface area contributed by atoms with Gasteiger partial charge in [-0.3, -0.25) is 4.98 Å². The van der Waals surface area contributed by atoms with Crippen molar-refractivity contribution >= 4 is 53.1 Å². The van der Waals surface area contributed by atoms with Gasteiger partial charge in [-0.1, -0.05) is 98.8 Å². The summed E-state index contributed by atoms with van der Waals surface area (Å²) in [7, 11) is 0. The number of nitrogens with zero attached hydrogens (tertiary/aromatic N) is 1. The minimum atomic E-state index is -1.33. The van der Waals surface area contributed by atoms with Gasteiger partial charge >= 0.3 is 0 Å². The first-order valence-corrected chi connectivity index (χ1v) is 13.2. The second-order valence-corrected chi connectivity index (χ2v) is 10.5. The van der Waals surface area contributed by atoms with Crippen molar-refractivity contribution in [1.29, 1.82) is 0 Å². The number of fused-ring (bicyclic) bond motifs is 8. The Morgan fingerprint density at radius 1 is 0.735 bits per heavy atom.